The van der Waals surface area contributed by atoms with Crippen LogP contribution in [0.5, 0.6) is 5.75 Å². The van der Waals surface area contributed by atoms with Crippen LogP contribution >= 0.6 is 23.8 Å². The maximum absolute atomic E-state index is 5.84. The first-order valence-electron chi connectivity index (χ1n) is 3.77. The monoisotopic (exact) mass is 215 g/mol. The van der Waals surface area contributed by atoms with Gasteiger partial charge in [0.05, 0.1) is 0 Å². The second kappa shape index (κ2) is 4.44. The van der Waals surface area contributed by atoms with Crippen molar-refractivity contribution in [2.75, 3.05) is 6.61 Å². The summed E-state index contributed by atoms with van der Waals surface area (Å²) in [5, 5.41) is 0.725. The van der Waals surface area contributed by atoms with E-state index in [0.717, 1.165) is 16.3 Å². The Hall–Kier alpha value is -0.800. The maximum Gasteiger partial charge on any atom is 0.138 e. The molecule has 2 N–H and O–H groups in total. The Bertz CT molecular complexity index is 327. The summed E-state index contributed by atoms with van der Waals surface area (Å²) < 4.78 is 5.28. The Balaban J connectivity index is 2.68. The van der Waals surface area contributed by atoms with Crippen LogP contribution < -0.4 is 10.5 Å². The van der Waals surface area contributed by atoms with E-state index in [1.165, 1.54) is 0 Å². The van der Waals surface area contributed by atoms with Crippen LogP contribution in [0.3, 0.4) is 0 Å². The van der Waals surface area contributed by atoms with E-state index >= 15 is 0 Å². The third-order valence-corrected chi connectivity index (χ3v) is 2.05. The van der Waals surface area contributed by atoms with E-state index < -0.39 is 0 Å². The topological polar surface area (TPSA) is 35.2 Å². The quantitative estimate of drug-likeness (QED) is 0.786. The average molecular weight is 216 g/mol. The Morgan fingerprint density at radius 3 is 2.85 bits per heavy atom. The number of aryl methyl sites for hydroxylation is 1. The van der Waals surface area contributed by atoms with Gasteiger partial charge in [-0.15, -0.1) is 0 Å². The molecule has 0 saturated carbocycles. The van der Waals surface area contributed by atoms with Gasteiger partial charge in [-0.05, 0) is 30.7 Å². The largest absolute Gasteiger partial charge is 0.486 e. The molecule has 2 nitrogen and oxygen atoms in total. The molecule has 0 amide bonds. The minimum atomic E-state index is 0.260. The number of hydrogen-bond acceptors (Lipinski definition) is 2. The number of rotatable bonds is 3. The van der Waals surface area contributed by atoms with Crippen LogP contribution in [-0.4, -0.2) is 11.6 Å². The minimum absolute atomic E-state index is 0.260. The van der Waals surface area contributed by atoms with E-state index in [-0.39, 0.29) is 6.61 Å². The molecule has 0 aliphatic carbocycles. The Morgan fingerprint density at radius 1 is 1.62 bits per heavy atom. The lowest BCUT2D eigenvalue weighted by Crippen LogP contribution is -2.17. The summed E-state index contributed by atoms with van der Waals surface area (Å²) >= 11 is 10.5. The highest BCUT2D eigenvalue weighted by molar-refractivity contribution is 7.80. The Kier molecular flexibility index (Phi) is 3.51. The van der Waals surface area contributed by atoms with E-state index in [4.69, 9.17) is 22.1 Å². The molecule has 4 heteroatoms. The van der Waals surface area contributed by atoms with Crippen LogP contribution in [-0.2, 0) is 0 Å². The number of nitrogens with two attached hydrogens (primary N) is 1. The smallest absolute Gasteiger partial charge is 0.138 e. The first-order chi connectivity index (χ1) is 6.09. The van der Waals surface area contributed by atoms with E-state index in [0.29, 0.717) is 4.99 Å². The van der Waals surface area contributed by atoms with Crippen LogP contribution in [0.2, 0.25) is 5.02 Å². The van der Waals surface area contributed by atoms with E-state index in [2.05, 4.69) is 12.2 Å². The third kappa shape index (κ3) is 3.20. The van der Waals surface area contributed by atoms with Gasteiger partial charge >= 0.3 is 0 Å². The minimum Gasteiger partial charge on any atom is -0.486 e. The third-order valence-electron chi connectivity index (χ3n) is 1.51. The van der Waals surface area contributed by atoms with E-state index in [1.54, 1.807) is 12.1 Å². The fourth-order valence-corrected chi connectivity index (χ4v) is 1.04. The number of thiocarbonyl (C=S) groups is 1. The van der Waals surface area contributed by atoms with Crippen molar-refractivity contribution < 1.29 is 4.74 Å². The highest BCUT2D eigenvalue weighted by Crippen LogP contribution is 2.20. The first kappa shape index (κ1) is 10.3. The van der Waals surface area contributed by atoms with E-state index in [1.807, 2.05) is 13.0 Å². The fraction of sp³-hybridized carbons (Fsp3) is 0.222. The van der Waals surface area contributed by atoms with Gasteiger partial charge in [-0.3, -0.25) is 0 Å². The van der Waals surface area contributed by atoms with Gasteiger partial charge < -0.3 is 10.5 Å². The molecule has 1 rings (SSSR count). The van der Waals surface area contributed by atoms with Gasteiger partial charge in [0.2, 0.25) is 0 Å². The zero-order valence-electron chi connectivity index (χ0n) is 7.21. The lowest BCUT2D eigenvalue weighted by molar-refractivity contribution is 0.377. The van der Waals surface area contributed by atoms with Crippen molar-refractivity contribution in [3.63, 3.8) is 0 Å². The number of benzene rings is 1. The number of hydrogen-bond donors (Lipinski definition) is 1. The number of ether oxygens (including phenoxy) is 1. The molecule has 0 unspecified atom stereocenters. The average Bonchev–Trinajstić information content (AvgIpc) is 2.07. The van der Waals surface area contributed by atoms with Gasteiger partial charge in [0.15, 0.2) is 0 Å². The van der Waals surface area contributed by atoms with Crippen LogP contribution in [0.15, 0.2) is 18.2 Å². The highest BCUT2D eigenvalue weighted by atomic mass is 35.5. The van der Waals surface area contributed by atoms with Gasteiger partial charge in [0, 0.05) is 5.02 Å². The van der Waals surface area contributed by atoms with Crippen molar-refractivity contribution in [1.29, 1.82) is 0 Å². The molecule has 0 fully saturated rings. The van der Waals surface area contributed by atoms with Crippen molar-refractivity contribution in [2.45, 2.75) is 6.92 Å². The van der Waals surface area contributed by atoms with Crippen molar-refractivity contribution in [2.24, 2.45) is 5.73 Å². The first-order valence-corrected chi connectivity index (χ1v) is 4.55. The molecule has 0 spiro atoms. The fourth-order valence-electron chi connectivity index (χ4n) is 0.861. The SMILES string of the molecule is Cc1cc(OCC(N)=S)ccc1Cl. The Labute approximate surface area is 87.6 Å². The highest BCUT2D eigenvalue weighted by Gasteiger charge is 1.98. The van der Waals surface area contributed by atoms with Crippen molar-refractivity contribution in [3.05, 3.63) is 28.8 Å². The number of halogens is 1. The molecule has 0 heterocycles. The molecule has 0 aliphatic rings. The molecule has 0 bridgehead atoms. The molecule has 0 aromatic heterocycles. The lowest BCUT2D eigenvalue weighted by atomic mass is 10.2. The standard InChI is InChI=1S/C9H10ClNOS/c1-6-4-7(2-3-8(6)10)12-5-9(11)13/h2-4H,5H2,1H3,(H2,11,13). The van der Waals surface area contributed by atoms with Crippen LogP contribution in [0.1, 0.15) is 5.56 Å². The van der Waals surface area contributed by atoms with Crippen LogP contribution in [0.25, 0.3) is 0 Å². The molecule has 0 aliphatic heterocycles. The van der Waals surface area contributed by atoms with Gasteiger partial charge in [-0.25, -0.2) is 0 Å². The lowest BCUT2D eigenvalue weighted by Gasteiger charge is -2.05. The molecule has 70 valence electrons. The molecule has 0 radical (unpaired) electrons. The normalized spacial score (nSPS) is 9.69. The maximum atomic E-state index is 5.84. The van der Waals surface area contributed by atoms with Crippen molar-refractivity contribution >= 4 is 28.8 Å². The van der Waals surface area contributed by atoms with Gasteiger partial charge in [0.25, 0.3) is 0 Å². The van der Waals surface area contributed by atoms with Gasteiger partial charge in [0.1, 0.15) is 17.3 Å². The summed E-state index contributed by atoms with van der Waals surface area (Å²) in [5.41, 5.74) is 6.26. The van der Waals surface area contributed by atoms with Gasteiger partial charge in [-0.1, -0.05) is 23.8 Å². The molecular formula is C9H10ClNOS. The summed E-state index contributed by atoms with van der Waals surface area (Å²) in [6.45, 7) is 2.17. The van der Waals surface area contributed by atoms with Crippen LogP contribution in [0.4, 0.5) is 0 Å². The van der Waals surface area contributed by atoms with Gasteiger partial charge in [-0.2, -0.15) is 0 Å². The summed E-state index contributed by atoms with van der Waals surface area (Å²) in [5.74, 6) is 0.731. The summed E-state index contributed by atoms with van der Waals surface area (Å²) in [6, 6.07) is 5.42. The molecule has 0 atom stereocenters. The summed E-state index contributed by atoms with van der Waals surface area (Å²) in [7, 11) is 0. The second-order valence-electron chi connectivity index (χ2n) is 2.67. The predicted molar refractivity (Wildman–Crippen MR) is 58.5 cm³/mol. The predicted octanol–water partition coefficient (Wildman–Crippen LogP) is 2.31. The molecule has 1 aromatic rings. The molecule has 0 saturated heterocycles. The van der Waals surface area contributed by atoms with Crippen molar-refractivity contribution in [1.82, 2.24) is 0 Å². The van der Waals surface area contributed by atoms with Crippen molar-refractivity contribution in [3.8, 4) is 5.75 Å². The Morgan fingerprint density at radius 2 is 2.31 bits per heavy atom. The zero-order chi connectivity index (χ0) is 9.84. The summed E-state index contributed by atoms with van der Waals surface area (Å²) in [6.07, 6.45) is 0. The summed E-state index contributed by atoms with van der Waals surface area (Å²) in [4.78, 5) is 0.340. The zero-order valence-corrected chi connectivity index (χ0v) is 8.78. The molecule has 13 heavy (non-hydrogen) atoms. The van der Waals surface area contributed by atoms with Crippen LogP contribution in [0, 0.1) is 6.92 Å². The molecular weight excluding hydrogens is 206 g/mol. The second-order valence-corrected chi connectivity index (χ2v) is 3.60. The molecule has 1 aromatic carbocycles. The van der Waals surface area contributed by atoms with E-state index in [9.17, 15) is 0 Å².